The predicted molar refractivity (Wildman–Crippen MR) is 104 cm³/mol. The Kier molecular flexibility index (Phi) is 5.77. The molecule has 1 amide bonds. The quantitative estimate of drug-likeness (QED) is 0.611. The third kappa shape index (κ3) is 4.34. The summed E-state index contributed by atoms with van der Waals surface area (Å²) in [5, 5.41) is 11.9. The molecule has 0 saturated heterocycles. The minimum Gasteiger partial charge on any atom is -0.483 e. The van der Waals surface area contributed by atoms with Gasteiger partial charge in [-0.1, -0.05) is 30.3 Å². The third-order valence-corrected chi connectivity index (χ3v) is 4.25. The number of benzene rings is 1. The van der Waals surface area contributed by atoms with Crippen molar-refractivity contribution in [3.05, 3.63) is 80.6 Å². The van der Waals surface area contributed by atoms with Gasteiger partial charge in [0.25, 0.3) is 5.56 Å². The number of fused-ring (bicyclic) bond motifs is 1. The molecular weight excluding hydrogens is 378 g/mol. The first-order chi connectivity index (χ1) is 13.9. The Bertz CT molecular complexity index is 1180. The fraction of sp³-hybridized carbons (Fsp3) is 0.200. The molecule has 9 nitrogen and oxygen atoms in total. The van der Waals surface area contributed by atoms with Crippen molar-refractivity contribution in [2.45, 2.75) is 20.1 Å². The highest BCUT2D eigenvalue weighted by atomic mass is 16.5. The van der Waals surface area contributed by atoms with E-state index in [0.29, 0.717) is 0 Å². The lowest BCUT2D eigenvalue weighted by molar-refractivity contribution is -0.118. The number of ether oxygens (including phenoxy) is 1. The number of amides is 1. The molecule has 0 fully saturated rings. The summed E-state index contributed by atoms with van der Waals surface area (Å²) >= 11 is 0. The maximum absolute atomic E-state index is 12.9. The number of hydrogen-bond donors (Lipinski definition) is 2. The van der Waals surface area contributed by atoms with Crippen molar-refractivity contribution in [3.8, 4) is 5.75 Å². The second-order valence-corrected chi connectivity index (χ2v) is 6.32. The average Bonchev–Trinajstić information content (AvgIpc) is 2.69. The molecule has 0 aliphatic rings. The van der Waals surface area contributed by atoms with Crippen LogP contribution in [0.15, 0.2) is 58.5 Å². The molecule has 0 aliphatic carbocycles. The van der Waals surface area contributed by atoms with E-state index < -0.39 is 22.5 Å². The van der Waals surface area contributed by atoms with Crippen LogP contribution < -0.4 is 21.0 Å². The molecule has 2 aromatic heterocycles. The third-order valence-electron chi connectivity index (χ3n) is 4.25. The van der Waals surface area contributed by atoms with E-state index >= 15 is 0 Å². The molecule has 3 aromatic rings. The van der Waals surface area contributed by atoms with Crippen LogP contribution in [0.2, 0.25) is 0 Å². The highest BCUT2D eigenvalue weighted by Crippen LogP contribution is 2.15. The van der Waals surface area contributed by atoms with Gasteiger partial charge >= 0.3 is 5.97 Å². The summed E-state index contributed by atoms with van der Waals surface area (Å²) in [4.78, 5) is 48.1. The van der Waals surface area contributed by atoms with Gasteiger partial charge in [0.2, 0.25) is 11.3 Å². The maximum Gasteiger partial charge on any atom is 0.341 e. The molecule has 2 N–H and O–H groups in total. The number of aromatic carboxylic acids is 1. The Labute approximate surface area is 164 Å². The molecule has 1 aromatic carbocycles. The van der Waals surface area contributed by atoms with E-state index in [1.165, 1.54) is 28.3 Å². The van der Waals surface area contributed by atoms with Gasteiger partial charge in [-0.25, -0.2) is 4.79 Å². The first kappa shape index (κ1) is 19.9. The lowest BCUT2D eigenvalue weighted by Gasteiger charge is -2.13. The number of pyridine rings is 1. The van der Waals surface area contributed by atoms with Crippen LogP contribution in [0.5, 0.6) is 5.75 Å². The molecule has 0 atom stereocenters. The topological polar surface area (TPSA) is 119 Å². The summed E-state index contributed by atoms with van der Waals surface area (Å²) in [5.41, 5.74) is -1.21. The van der Waals surface area contributed by atoms with Crippen LogP contribution in [0.3, 0.4) is 0 Å². The Hall–Kier alpha value is -3.88. The smallest absolute Gasteiger partial charge is 0.341 e. The Morgan fingerprint density at radius 1 is 1.14 bits per heavy atom. The normalized spacial score (nSPS) is 10.7. The molecule has 3 rings (SSSR count). The molecule has 9 heteroatoms. The molecule has 0 unspecified atom stereocenters. The van der Waals surface area contributed by atoms with E-state index in [4.69, 9.17) is 4.74 Å². The van der Waals surface area contributed by atoms with Gasteiger partial charge in [0, 0.05) is 38.6 Å². The second-order valence-electron chi connectivity index (χ2n) is 6.32. The van der Waals surface area contributed by atoms with Crippen LogP contribution >= 0.6 is 0 Å². The number of carboxylic acid groups (broad SMARTS) is 1. The van der Waals surface area contributed by atoms with Gasteiger partial charge in [-0.2, -0.15) is 0 Å². The molecule has 29 heavy (non-hydrogen) atoms. The minimum absolute atomic E-state index is 0.00492. The SMILES string of the molecule is CC(=O)NCCn1ccn2cc(C(=O)O)c(=O)c(OCc3ccccc3)c2c1=O. The number of aromatic nitrogens is 2. The van der Waals surface area contributed by atoms with Crippen molar-refractivity contribution in [1.82, 2.24) is 14.3 Å². The van der Waals surface area contributed by atoms with Gasteiger partial charge < -0.3 is 24.1 Å². The largest absolute Gasteiger partial charge is 0.483 e. The van der Waals surface area contributed by atoms with Crippen LogP contribution in [-0.4, -0.2) is 32.5 Å². The zero-order valence-corrected chi connectivity index (χ0v) is 15.6. The highest BCUT2D eigenvalue weighted by molar-refractivity contribution is 5.88. The van der Waals surface area contributed by atoms with Gasteiger partial charge in [-0.05, 0) is 5.56 Å². The number of carboxylic acids is 1. The van der Waals surface area contributed by atoms with Crippen LogP contribution in [-0.2, 0) is 17.9 Å². The number of hydrogen-bond acceptors (Lipinski definition) is 5. The molecule has 0 saturated carbocycles. The molecule has 0 radical (unpaired) electrons. The van der Waals surface area contributed by atoms with E-state index in [9.17, 15) is 24.3 Å². The van der Waals surface area contributed by atoms with Crippen molar-refractivity contribution < 1.29 is 19.4 Å². The lowest BCUT2D eigenvalue weighted by Crippen LogP contribution is -2.31. The molecule has 150 valence electrons. The summed E-state index contributed by atoms with van der Waals surface area (Å²) in [5.74, 6) is -1.97. The van der Waals surface area contributed by atoms with Gasteiger partial charge in [0.05, 0.1) is 0 Å². The summed E-state index contributed by atoms with van der Waals surface area (Å²) < 4.78 is 8.21. The molecule has 0 aliphatic heterocycles. The second kappa shape index (κ2) is 8.42. The molecule has 2 heterocycles. The maximum atomic E-state index is 12.9. The first-order valence-corrected chi connectivity index (χ1v) is 8.81. The van der Waals surface area contributed by atoms with Crippen LogP contribution in [0.1, 0.15) is 22.8 Å². The number of carbonyl (C=O) groups is 2. The van der Waals surface area contributed by atoms with Crippen LogP contribution in [0.25, 0.3) is 5.52 Å². The Morgan fingerprint density at radius 3 is 2.52 bits per heavy atom. The van der Waals surface area contributed by atoms with Gasteiger partial charge in [0.15, 0.2) is 11.3 Å². The lowest BCUT2D eigenvalue weighted by atomic mass is 10.2. The van der Waals surface area contributed by atoms with E-state index in [0.717, 1.165) is 11.8 Å². The molecule has 0 bridgehead atoms. The van der Waals surface area contributed by atoms with Crippen molar-refractivity contribution in [2.24, 2.45) is 0 Å². The van der Waals surface area contributed by atoms with Crippen LogP contribution in [0, 0.1) is 0 Å². The van der Waals surface area contributed by atoms with Gasteiger partial charge in [0.1, 0.15) is 12.2 Å². The van der Waals surface area contributed by atoms with E-state index in [2.05, 4.69) is 5.32 Å². The fourth-order valence-electron chi connectivity index (χ4n) is 2.83. The van der Waals surface area contributed by atoms with Crippen molar-refractivity contribution in [1.29, 1.82) is 0 Å². The predicted octanol–water partition coefficient (Wildman–Crippen LogP) is 0.874. The van der Waals surface area contributed by atoms with E-state index in [1.807, 2.05) is 6.07 Å². The Morgan fingerprint density at radius 2 is 1.86 bits per heavy atom. The number of nitrogens with one attached hydrogen (secondary N) is 1. The Balaban J connectivity index is 2.09. The number of nitrogens with zero attached hydrogens (tertiary/aromatic N) is 2. The zero-order valence-electron chi connectivity index (χ0n) is 15.6. The fourth-order valence-corrected chi connectivity index (χ4v) is 2.83. The van der Waals surface area contributed by atoms with E-state index in [1.54, 1.807) is 24.3 Å². The summed E-state index contributed by atoms with van der Waals surface area (Å²) in [6, 6.07) is 8.99. The van der Waals surface area contributed by atoms with Gasteiger partial charge in [-0.15, -0.1) is 0 Å². The average molecular weight is 397 g/mol. The standard InChI is InChI=1S/C20H19N3O6/c1-13(24)21-7-8-22-9-10-23-11-15(20(27)28)17(25)18(16(23)19(22)26)29-12-14-5-3-2-4-6-14/h2-6,9-11H,7-8,12H2,1H3,(H,21,24)(H,27,28). The summed E-state index contributed by atoms with van der Waals surface area (Å²) in [6.07, 6.45) is 4.01. The first-order valence-electron chi connectivity index (χ1n) is 8.81. The molecule has 0 spiro atoms. The van der Waals surface area contributed by atoms with Crippen molar-refractivity contribution in [2.75, 3.05) is 6.54 Å². The summed E-state index contributed by atoms with van der Waals surface area (Å²) in [6.45, 7) is 1.77. The minimum atomic E-state index is -1.41. The monoisotopic (exact) mass is 397 g/mol. The zero-order chi connectivity index (χ0) is 21.0. The molecular formula is C20H19N3O6. The van der Waals surface area contributed by atoms with Crippen molar-refractivity contribution >= 4 is 17.4 Å². The number of carbonyl (C=O) groups excluding carboxylic acids is 1. The van der Waals surface area contributed by atoms with Gasteiger partial charge in [-0.3, -0.25) is 14.4 Å². The van der Waals surface area contributed by atoms with Crippen molar-refractivity contribution in [3.63, 3.8) is 0 Å². The van der Waals surface area contributed by atoms with E-state index in [-0.39, 0.29) is 36.9 Å². The van der Waals surface area contributed by atoms with Crippen LogP contribution in [0.4, 0.5) is 0 Å². The summed E-state index contributed by atoms with van der Waals surface area (Å²) in [7, 11) is 0. The highest BCUT2D eigenvalue weighted by Gasteiger charge is 2.20. The number of rotatable bonds is 7.